The maximum absolute atomic E-state index is 12.4. The van der Waals surface area contributed by atoms with E-state index in [1.807, 2.05) is 0 Å². The van der Waals surface area contributed by atoms with Gasteiger partial charge in [-0.25, -0.2) is 13.8 Å². The lowest BCUT2D eigenvalue weighted by atomic mass is 10.6. The summed E-state index contributed by atoms with van der Waals surface area (Å²) < 4.78 is 26.9. The molecule has 0 N–H and O–H groups in total. The highest BCUT2D eigenvalue weighted by Gasteiger charge is 2.58. The summed E-state index contributed by atoms with van der Waals surface area (Å²) in [7, 11) is 0. The summed E-state index contributed by atoms with van der Waals surface area (Å²) in [5.41, 5.74) is 0. The van der Waals surface area contributed by atoms with E-state index in [2.05, 4.69) is 20.9 Å². The van der Waals surface area contributed by atoms with Gasteiger partial charge >= 0.3 is 0 Å². The van der Waals surface area contributed by atoms with Gasteiger partial charge in [0.25, 0.3) is 5.92 Å². The van der Waals surface area contributed by atoms with Crippen LogP contribution >= 0.6 is 15.9 Å². The molecule has 0 radical (unpaired) electrons. The van der Waals surface area contributed by atoms with E-state index in [4.69, 9.17) is 0 Å². The van der Waals surface area contributed by atoms with Gasteiger partial charge in [0.15, 0.2) is 0 Å². The Morgan fingerprint density at radius 2 is 2.36 bits per heavy atom. The molecule has 2 nitrogen and oxygen atoms in total. The molecular weight excluding hydrogens is 218 g/mol. The van der Waals surface area contributed by atoms with Gasteiger partial charge in [0.05, 0.1) is 6.33 Å². The van der Waals surface area contributed by atoms with Crippen LogP contribution in [-0.2, 0) is 0 Å². The summed E-state index contributed by atoms with van der Waals surface area (Å²) in [6, 6.07) is -0.665. The molecule has 1 heterocycles. The molecular formula is C6H5BrF2N2. The maximum Gasteiger partial charge on any atom is 0.270 e. The lowest BCUT2D eigenvalue weighted by Crippen LogP contribution is -1.98. The van der Waals surface area contributed by atoms with E-state index in [0.717, 1.165) is 0 Å². The smallest absolute Gasteiger partial charge is 0.270 e. The number of alkyl halides is 2. The van der Waals surface area contributed by atoms with Gasteiger partial charge in [0.2, 0.25) is 0 Å². The molecule has 1 aliphatic carbocycles. The Morgan fingerprint density at radius 3 is 2.73 bits per heavy atom. The van der Waals surface area contributed by atoms with E-state index < -0.39 is 12.0 Å². The Kier molecular flexibility index (Phi) is 1.33. The third kappa shape index (κ3) is 1.17. The lowest BCUT2D eigenvalue weighted by molar-refractivity contribution is 0.101. The SMILES string of the molecule is FC1(F)CC1n1cnc(Br)c1. The van der Waals surface area contributed by atoms with Gasteiger partial charge in [0, 0.05) is 12.6 Å². The molecule has 0 spiro atoms. The van der Waals surface area contributed by atoms with Crippen LogP contribution in [0.1, 0.15) is 12.5 Å². The van der Waals surface area contributed by atoms with Gasteiger partial charge in [0.1, 0.15) is 10.6 Å². The number of halogens is 3. The van der Waals surface area contributed by atoms with Crippen molar-refractivity contribution in [1.82, 2.24) is 9.55 Å². The van der Waals surface area contributed by atoms with Crippen LogP contribution in [0.15, 0.2) is 17.1 Å². The second kappa shape index (κ2) is 2.03. The first-order chi connectivity index (χ1) is 5.09. The van der Waals surface area contributed by atoms with Gasteiger partial charge in [-0.3, -0.25) is 0 Å². The van der Waals surface area contributed by atoms with E-state index in [1.165, 1.54) is 10.9 Å². The van der Waals surface area contributed by atoms with Gasteiger partial charge in [-0.15, -0.1) is 0 Å². The van der Waals surface area contributed by atoms with Crippen molar-refractivity contribution in [3.05, 3.63) is 17.1 Å². The minimum absolute atomic E-state index is 0.0597. The van der Waals surface area contributed by atoms with E-state index in [0.29, 0.717) is 4.60 Å². The molecule has 0 amide bonds. The fourth-order valence-corrected chi connectivity index (χ4v) is 1.33. The molecule has 1 aromatic heterocycles. The highest BCUT2D eigenvalue weighted by Crippen LogP contribution is 2.52. The lowest BCUT2D eigenvalue weighted by Gasteiger charge is -1.96. The molecule has 1 aromatic rings. The second-order valence-corrected chi connectivity index (χ2v) is 3.44. The molecule has 1 atom stereocenters. The number of nitrogens with zero attached hydrogens (tertiary/aromatic N) is 2. The van der Waals surface area contributed by atoms with Crippen LogP contribution in [0.3, 0.4) is 0 Å². The van der Waals surface area contributed by atoms with Crippen LogP contribution in [0.5, 0.6) is 0 Å². The number of hydrogen-bond acceptors (Lipinski definition) is 1. The Labute approximate surface area is 70.4 Å². The molecule has 60 valence electrons. The molecule has 0 bridgehead atoms. The molecule has 2 rings (SSSR count). The van der Waals surface area contributed by atoms with Crippen molar-refractivity contribution in [2.24, 2.45) is 0 Å². The molecule has 11 heavy (non-hydrogen) atoms. The topological polar surface area (TPSA) is 17.8 Å². The monoisotopic (exact) mass is 222 g/mol. The van der Waals surface area contributed by atoms with E-state index in [9.17, 15) is 8.78 Å². The van der Waals surface area contributed by atoms with E-state index in [1.54, 1.807) is 6.20 Å². The normalized spacial score (nSPS) is 27.0. The van der Waals surface area contributed by atoms with Crippen molar-refractivity contribution in [1.29, 1.82) is 0 Å². The average molecular weight is 223 g/mol. The molecule has 1 unspecified atom stereocenters. The van der Waals surface area contributed by atoms with Crippen LogP contribution in [0.25, 0.3) is 0 Å². The van der Waals surface area contributed by atoms with Crippen molar-refractivity contribution in [2.45, 2.75) is 18.4 Å². The maximum atomic E-state index is 12.4. The second-order valence-electron chi connectivity index (χ2n) is 2.62. The summed E-state index contributed by atoms with van der Waals surface area (Å²) in [5.74, 6) is -2.51. The van der Waals surface area contributed by atoms with Crippen LogP contribution < -0.4 is 0 Å². The number of aromatic nitrogens is 2. The molecule has 1 saturated carbocycles. The van der Waals surface area contributed by atoms with Crippen LogP contribution in [0.4, 0.5) is 8.78 Å². The molecule has 1 aliphatic rings. The zero-order valence-electron chi connectivity index (χ0n) is 5.47. The third-order valence-corrected chi connectivity index (χ3v) is 2.13. The summed E-state index contributed by atoms with van der Waals surface area (Å²) >= 11 is 3.09. The van der Waals surface area contributed by atoms with Crippen molar-refractivity contribution in [3.63, 3.8) is 0 Å². The number of imidazole rings is 1. The van der Waals surface area contributed by atoms with Crippen molar-refractivity contribution in [2.75, 3.05) is 0 Å². The predicted molar refractivity (Wildman–Crippen MR) is 38.5 cm³/mol. The number of rotatable bonds is 1. The molecule has 0 saturated heterocycles. The largest absolute Gasteiger partial charge is 0.327 e. The van der Waals surface area contributed by atoms with Crippen LogP contribution in [0, 0.1) is 0 Å². The first kappa shape index (κ1) is 7.21. The van der Waals surface area contributed by atoms with Gasteiger partial charge in [-0.1, -0.05) is 0 Å². The highest BCUT2D eigenvalue weighted by atomic mass is 79.9. The third-order valence-electron chi connectivity index (χ3n) is 1.72. The Morgan fingerprint density at radius 1 is 1.73 bits per heavy atom. The predicted octanol–water partition coefficient (Wildman–Crippen LogP) is 2.23. The zero-order valence-corrected chi connectivity index (χ0v) is 7.05. The van der Waals surface area contributed by atoms with Crippen molar-refractivity contribution >= 4 is 15.9 Å². The Hall–Kier alpha value is -0.450. The van der Waals surface area contributed by atoms with Crippen LogP contribution in [0.2, 0.25) is 0 Å². The first-order valence-corrected chi connectivity index (χ1v) is 3.96. The summed E-state index contributed by atoms with van der Waals surface area (Å²) in [6.07, 6.45) is 2.91. The van der Waals surface area contributed by atoms with E-state index in [-0.39, 0.29) is 6.42 Å². The van der Waals surface area contributed by atoms with Gasteiger partial charge < -0.3 is 4.57 Å². The molecule has 0 aliphatic heterocycles. The first-order valence-electron chi connectivity index (χ1n) is 3.16. The fraction of sp³-hybridized carbons (Fsp3) is 0.500. The van der Waals surface area contributed by atoms with Crippen molar-refractivity contribution in [3.8, 4) is 0 Å². The minimum Gasteiger partial charge on any atom is -0.327 e. The molecule has 0 aromatic carbocycles. The zero-order chi connectivity index (χ0) is 8.06. The molecule has 5 heteroatoms. The quantitative estimate of drug-likeness (QED) is 0.713. The van der Waals surface area contributed by atoms with Gasteiger partial charge in [-0.05, 0) is 15.9 Å². The van der Waals surface area contributed by atoms with Crippen molar-refractivity contribution < 1.29 is 8.78 Å². The summed E-state index contributed by atoms with van der Waals surface area (Å²) in [5, 5.41) is 0. The fourth-order valence-electron chi connectivity index (χ4n) is 1.00. The number of hydrogen-bond donors (Lipinski definition) is 0. The summed E-state index contributed by atoms with van der Waals surface area (Å²) in [6.45, 7) is 0. The van der Waals surface area contributed by atoms with Gasteiger partial charge in [-0.2, -0.15) is 0 Å². The Balaban J connectivity index is 2.20. The standard InChI is InChI=1S/C6H5BrF2N2/c7-5-2-11(3-10-5)4-1-6(4,8)9/h2-4H,1H2. The van der Waals surface area contributed by atoms with E-state index >= 15 is 0 Å². The minimum atomic E-state index is -2.51. The highest BCUT2D eigenvalue weighted by molar-refractivity contribution is 9.10. The molecule has 1 fully saturated rings. The Bertz CT molecular complexity index is 284. The average Bonchev–Trinajstić information content (AvgIpc) is 2.39. The summed E-state index contributed by atoms with van der Waals surface area (Å²) in [4.78, 5) is 3.79. The van der Waals surface area contributed by atoms with Crippen LogP contribution in [-0.4, -0.2) is 15.5 Å².